The quantitative estimate of drug-likeness (QED) is 0.841. The SMILES string of the molecule is Cc1csc(NC(=O)CN2CCCCC2CCC(=O)O)n1. The van der Waals surface area contributed by atoms with Crippen molar-refractivity contribution in [2.24, 2.45) is 0 Å². The molecule has 1 saturated heterocycles. The number of likely N-dealkylation sites (tertiary alicyclic amines) is 1. The van der Waals surface area contributed by atoms with Gasteiger partial charge in [-0.15, -0.1) is 11.3 Å². The Morgan fingerprint density at radius 3 is 3.00 bits per heavy atom. The Bertz CT molecular complexity index is 503. The van der Waals surface area contributed by atoms with E-state index in [0.29, 0.717) is 18.1 Å². The van der Waals surface area contributed by atoms with Crippen molar-refractivity contribution in [2.75, 3.05) is 18.4 Å². The lowest BCUT2D eigenvalue weighted by molar-refractivity contribution is -0.137. The molecular weight excluding hydrogens is 290 g/mol. The van der Waals surface area contributed by atoms with Gasteiger partial charge in [0.1, 0.15) is 0 Å². The Hall–Kier alpha value is -1.47. The molecule has 1 unspecified atom stereocenters. The first-order valence-electron chi connectivity index (χ1n) is 7.22. The lowest BCUT2D eigenvalue weighted by Gasteiger charge is -2.34. The summed E-state index contributed by atoms with van der Waals surface area (Å²) in [6.45, 7) is 3.05. The minimum Gasteiger partial charge on any atom is -0.481 e. The normalized spacial score (nSPS) is 19.4. The maximum absolute atomic E-state index is 12.1. The predicted octanol–water partition coefficient (Wildman–Crippen LogP) is 2.11. The summed E-state index contributed by atoms with van der Waals surface area (Å²) < 4.78 is 0. The van der Waals surface area contributed by atoms with Gasteiger partial charge in [0.25, 0.3) is 0 Å². The Kier molecular flexibility index (Phi) is 5.69. The molecule has 2 heterocycles. The van der Waals surface area contributed by atoms with Crippen LogP contribution in [0.5, 0.6) is 0 Å². The monoisotopic (exact) mass is 311 g/mol. The second-order valence-electron chi connectivity index (χ2n) is 5.39. The number of rotatable bonds is 6. The summed E-state index contributed by atoms with van der Waals surface area (Å²) in [7, 11) is 0. The zero-order chi connectivity index (χ0) is 15.2. The first-order chi connectivity index (χ1) is 10.0. The molecule has 2 N–H and O–H groups in total. The van der Waals surface area contributed by atoms with Crippen LogP contribution in [0.2, 0.25) is 0 Å². The summed E-state index contributed by atoms with van der Waals surface area (Å²) in [5, 5.41) is 14.1. The predicted molar refractivity (Wildman–Crippen MR) is 81.6 cm³/mol. The number of carbonyl (C=O) groups is 2. The fraction of sp³-hybridized carbons (Fsp3) is 0.643. The van der Waals surface area contributed by atoms with Crippen molar-refractivity contribution in [3.63, 3.8) is 0 Å². The highest BCUT2D eigenvalue weighted by Gasteiger charge is 2.24. The van der Waals surface area contributed by atoms with E-state index in [0.717, 1.165) is 31.5 Å². The van der Waals surface area contributed by atoms with E-state index in [4.69, 9.17) is 5.11 Å². The van der Waals surface area contributed by atoms with Gasteiger partial charge < -0.3 is 10.4 Å². The van der Waals surface area contributed by atoms with Crippen molar-refractivity contribution in [1.29, 1.82) is 0 Å². The van der Waals surface area contributed by atoms with Gasteiger partial charge in [0.2, 0.25) is 5.91 Å². The molecule has 1 aromatic rings. The average Bonchev–Trinajstić information content (AvgIpc) is 2.83. The summed E-state index contributed by atoms with van der Waals surface area (Å²) in [6.07, 6.45) is 3.91. The molecule has 1 fully saturated rings. The Morgan fingerprint density at radius 2 is 2.33 bits per heavy atom. The van der Waals surface area contributed by atoms with E-state index in [9.17, 15) is 9.59 Å². The Labute approximate surface area is 128 Å². The number of hydrogen-bond donors (Lipinski definition) is 2. The van der Waals surface area contributed by atoms with Crippen LogP contribution >= 0.6 is 11.3 Å². The van der Waals surface area contributed by atoms with Crippen molar-refractivity contribution in [1.82, 2.24) is 9.88 Å². The summed E-state index contributed by atoms with van der Waals surface area (Å²) in [5.74, 6) is -0.852. The fourth-order valence-corrected chi connectivity index (χ4v) is 3.34. The number of nitrogens with one attached hydrogen (secondary N) is 1. The summed E-state index contributed by atoms with van der Waals surface area (Å²) in [5.41, 5.74) is 0.896. The molecule has 7 heteroatoms. The number of nitrogens with zero attached hydrogens (tertiary/aromatic N) is 2. The van der Waals surface area contributed by atoms with Gasteiger partial charge in [0.05, 0.1) is 12.2 Å². The molecule has 6 nitrogen and oxygen atoms in total. The number of aromatic nitrogens is 1. The van der Waals surface area contributed by atoms with E-state index in [2.05, 4.69) is 15.2 Å². The van der Waals surface area contributed by atoms with Crippen molar-refractivity contribution in [2.45, 2.75) is 45.1 Å². The fourth-order valence-electron chi connectivity index (χ4n) is 2.64. The van der Waals surface area contributed by atoms with E-state index < -0.39 is 5.97 Å². The molecule has 1 aromatic heterocycles. The molecule has 0 spiro atoms. The molecule has 0 saturated carbocycles. The van der Waals surface area contributed by atoms with Crippen molar-refractivity contribution >= 4 is 28.3 Å². The zero-order valence-electron chi connectivity index (χ0n) is 12.2. The third kappa shape index (κ3) is 5.09. The number of amides is 1. The van der Waals surface area contributed by atoms with Gasteiger partial charge in [0, 0.05) is 17.8 Å². The number of thiazole rings is 1. The van der Waals surface area contributed by atoms with Gasteiger partial charge >= 0.3 is 5.97 Å². The maximum atomic E-state index is 12.1. The van der Waals surface area contributed by atoms with Crippen molar-refractivity contribution in [3.8, 4) is 0 Å². The molecule has 1 aliphatic rings. The van der Waals surface area contributed by atoms with Crippen LogP contribution in [0.1, 0.15) is 37.8 Å². The van der Waals surface area contributed by atoms with Crippen LogP contribution < -0.4 is 5.32 Å². The molecule has 0 bridgehead atoms. The first kappa shape index (κ1) is 15.9. The first-order valence-corrected chi connectivity index (χ1v) is 8.10. The van der Waals surface area contributed by atoms with E-state index >= 15 is 0 Å². The number of anilines is 1. The molecule has 1 atom stereocenters. The highest BCUT2D eigenvalue weighted by molar-refractivity contribution is 7.13. The van der Waals surface area contributed by atoms with E-state index in [1.165, 1.54) is 11.3 Å². The van der Waals surface area contributed by atoms with Crippen LogP contribution in [-0.2, 0) is 9.59 Å². The highest BCUT2D eigenvalue weighted by Crippen LogP contribution is 2.21. The minimum absolute atomic E-state index is 0.0772. The maximum Gasteiger partial charge on any atom is 0.303 e. The summed E-state index contributed by atoms with van der Waals surface area (Å²) in [4.78, 5) is 29.1. The van der Waals surface area contributed by atoms with Gasteiger partial charge in [-0.05, 0) is 32.7 Å². The van der Waals surface area contributed by atoms with Crippen LogP contribution in [-0.4, -0.2) is 46.0 Å². The Morgan fingerprint density at radius 1 is 1.52 bits per heavy atom. The molecule has 1 aliphatic heterocycles. The van der Waals surface area contributed by atoms with Gasteiger partial charge in [-0.1, -0.05) is 6.42 Å². The third-order valence-electron chi connectivity index (χ3n) is 3.65. The van der Waals surface area contributed by atoms with Crippen LogP contribution in [0.3, 0.4) is 0 Å². The van der Waals surface area contributed by atoms with E-state index in [1.54, 1.807) is 0 Å². The number of aliphatic carboxylic acids is 1. The van der Waals surface area contributed by atoms with Crippen LogP contribution in [0.15, 0.2) is 5.38 Å². The van der Waals surface area contributed by atoms with Crippen molar-refractivity contribution < 1.29 is 14.7 Å². The molecule has 116 valence electrons. The van der Waals surface area contributed by atoms with Gasteiger partial charge in [-0.25, -0.2) is 4.98 Å². The molecular formula is C14H21N3O3S. The average molecular weight is 311 g/mol. The molecule has 0 aromatic carbocycles. The second-order valence-corrected chi connectivity index (χ2v) is 6.25. The van der Waals surface area contributed by atoms with Gasteiger partial charge in [-0.3, -0.25) is 14.5 Å². The lowest BCUT2D eigenvalue weighted by atomic mass is 9.98. The topological polar surface area (TPSA) is 82.5 Å². The number of carbonyl (C=O) groups excluding carboxylic acids is 1. The number of piperidine rings is 1. The molecule has 0 radical (unpaired) electrons. The van der Waals surface area contributed by atoms with E-state index in [1.807, 2.05) is 12.3 Å². The smallest absolute Gasteiger partial charge is 0.303 e. The molecule has 0 aliphatic carbocycles. The van der Waals surface area contributed by atoms with Gasteiger partial charge in [0.15, 0.2) is 5.13 Å². The number of carboxylic acid groups (broad SMARTS) is 1. The van der Waals surface area contributed by atoms with Crippen molar-refractivity contribution in [3.05, 3.63) is 11.1 Å². The standard InChI is InChI=1S/C14H21N3O3S/c1-10-9-21-14(15-10)16-12(18)8-17-7-3-2-4-11(17)5-6-13(19)20/h9,11H,2-8H2,1H3,(H,19,20)(H,15,16,18). The minimum atomic E-state index is -0.775. The lowest BCUT2D eigenvalue weighted by Crippen LogP contribution is -2.44. The number of hydrogen-bond acceptors (Lipinski definition) is 5. The zero-order valence-corrected chi connectivity index (χ0v) is 13.0. The summed E-state index contributed by atoms with van der Waals surface area (Å²) >= 11 is 1.42. The molecule has 2 rings (SSSR count). The molecule has 1 amide bonds. The second kappa shape index (κ2) is 7.51. The van der Waals surface area contributed by atoms with Crippen LogP contribution in [0.25, 0.3) is 0 Å². The Balaban J connectivity index is 1.85. The van der Waals surface area contributed by atoms with E-state index in [-0.39, 0.29) is 18.4 Å². The number of carboxylic acids is 1. The highest BCUT2D eigenvalue weighted by atomic mass is 32.1. The van der Waals surface area contributed by atoms with Crippen LogP contribution in [0.4, 0.5) is 5.13 Å². The summed E-state index contributed by atoms with van der Waals surface area (Å²) in [6, 6.07) is 0.193. The van der Waals surface area contributed by atoms with Crippen LogP contribution in [0, 0.1) is 6.92 Å². The van der Waals surface area contributed by atoms with Gasteiger partial charge in [-0.2, -0.15) is 0 Å². The number of aryl methyl sites for hydroxylation is 1. The third-order valence-corrected chi connectivity index (χ3v) is 4.53. The molecule has 21 heavy (non-hydrogen) atoms. The largest absolute Gasteiger partial charge is 0.481 e.